The molecule has 6 nitrogen and oxygen atoms in total. The quantitative estimate of drug-likeness (QED) is 0.491. The Balaban J connectivity index is 1.96. The van der Waals surface area contributed by atoms with Gasteiger partial charge in [-0.05, 0) is 47.6 Å². The molecule has 0 aliphatic rings. The van der Waals surface area contributed by atoms with Crippen LogP contribution >= 0.6 is 0 Å². The zero-order valence-electron chi connectivity index (χ0n) is 20.0. The third-order valence-corrected chi connectivity index (χ3v) is 5.71. The smallest absolute Gasteiger partial charge is 0.259 e. The number of hydrogen-bond donors (Lipinski definition) is 3. The molecule has 6 heteroatoms. The number of aliphatic hydroxyl groups is 1. The van der Waals surface area contributed by atoms with Gasteiger partial charge in [0.2, 0.25) is 0 Å². The van der Waals surface area contributed by atoms with E-state index in [1.54, 1.807) is 13.3 Å². The number of carbonyl (C=O) groups is 1. The monoisotopic (exact) mass is 447 g/mol. The zero-order valence-corrected chi connectivity index (χ0v) is 20.0. The van der Waals surface area contributed by atoms with Crippen molar-refractivity contribution in [3.05, 3.63) is 76.6 Å². The third kappa shape index (κ3) is 5.59. The average molecular weight is 448 g/mol. The summed E-state index contributed by atoms with van der Waals surface area (Å²) in [5.74, 6) is 0.213. The Bertz CT molecular complexity index is 1130. The van der Waals surface area contributed by atoms with Crippen molar-refractivity contribution in [2.75, 3.05) is 19.0 Å². The van der Waals surface area contributed by atoms with Crippen LogP contribution in [0.4, 0.5) is 5.69 Å². The maximum absolute atomic E-state index is 13.3. The molecular weight excluding hydrogens is 414 g/mol. The fourth-order valence-corrected chi connectivity index (χ4v) is 3.76. The summed E-state index contributed by atoms with van der Waals surface area (Å²) in [5.41, 5.74) is 12.5. The number of nitrogens with zero attached hydrogens (tertiary/aromatic N) is 1. The van der Waals surface area contributed by atoms with E-state index in [2.05, 4.69) is 31.1 Å². The van der Waals surface area contributed by atoms with Crippen LogP contribution < -0.4 is 15.8 Å². The van der Waals surface area contributed by atoms with Gasteiger partial charge in [-0.3, -0.25) is 9.78 Å². The summed E-state index contributed by atoms with van der Waals surface area (Å²) < 4.78 is 5.56. The topological polar surface area (TPSA) is 97.5 Å². The van der Waals surface area contributed by atoms with E-state index in [9.17, 15) is 4.79 Å². The molecule has 0 spiro atoms. The molecular formula is C27H33N3O3. The van der Waals surface area contributed by atoms with Gasteiger partial charge < -0.3 is 20.9 Å². The maximum Gasteiger partial charge on any atom is 0.259 e. The number of methoxy groups -OCH3 is 1. The van der Waals surface area contributed by atoms with Crippen LogP contribution in [0.15, 0.2) is 48.7 Å². The highest BCUT2D eigenvalue weighted by Crippen LogP contribution is 2.33. The number of ether oxygens (including phenoxy) is 1. The fourth-order valence-electron chi connectivity index (χ4n) is 3.76. The molecule has 3 rings (SSSR count). The first-order valence-corrected chi connectivity index (χ1v) is 11.1. The first-order valence-electron chi connectivity index (χ1n) is 11.1. The van der Waals surface area contributed by atoms with Gasteiger partial charge in [0.05, 0.1) is 24.6 Å². The summed E-state index contributed by atoms with van der Waals surface area (Å²) in [6.45, 7) is 8.62. The van der Waals surface area contributed by atoms with Gasteiger partial charge in [-0.1, -0.05) is 51.1 Å². The molecule has 4 N–H and O–H groups in total. The highest BCUT2D eigenvalue weighted by atomic mass is 16.5. The van der Waals surface area contributed by atoms with Crippen LogP contribution in [0.1, 0.15) is 53.5 Å². The van der Waals surface area contributed by atoms with Gasteiger partial charge in [-0.15, -0.1) is 0 Å². The number of amides is 1. The van der Waals surface area contributed by atoms with E-state index in [4.69, 9.17) is 15.6 Å². The fraction of sp³-hybridized carbons (Fsp3) is 0.333. The van der Waals surface area contributed by atoms with Crippen LogP contribution in [0, 0.1) is 6.92 Å². The standard InChI is InChI=1S/C27H33N3O3/c1-17-23(19-8-6-18(7-9-19)10-11-31)14-22(16-29-17)30-26(32)24-13-21(27(2,3)4)12-20(15-28)25(24)33-5/h6-9,12-14,16,31H,10-11,15,28H2,1-5H3,(H,30,32). The summed E-state index contributed by atoms with van der Waals surface area (Å²) >= 11 is 0. The molecule has 0 saturated heterocycles. The highest BCUT2D eigenvalue weighted by Gasteiger charge is 2.23. The van der Waals surface area contributed by atoms with E-state index < -0.39 is 0 Å². The molecule has 2 aromatic carbocycles. The summed E-state index contributed by atoms with van der Waals surface area (Å²) in [6, 6.07) is 13.8. The molecule has 0 unspecified atom stereocenters. The predicted molar refractivity (Wildman–Crippen MR) is 133 cm³/mol. The Morgan fingerprint density at radius 3 is 2.42 bits per heavy atom. The minimum absolute atomic E-state index is 0.118. The second-order valence-electron chi connectivity index (χ2n) is 9.15. The molecule has 0 aliphatic heterocycles. The molecule has 0 saturated carbocycles. The number of nitrogens with one attached hydrogen (secondary N) is 1. The molecule has 0 bridgehead atoms. The van der Waals surface area contributed by atoms with Crippen LogP contribution in [-0.2, 0) is 18.4 Å². The van der Waals surface area contributed by atoms with Gasteiger partial charge >= 0.3 is 0 Å². The van der Waals surface area contributed by atoms with E-state index in [-0.39, 0.29) is 24.5 Å². The zero-order chi connectivity index (χ0) is 24.2. The molecule has 1 amide bonds. The Morgan fingerprint density at radius 2 is 1.85 bits per heavy atom. The molecule has 0 radical (unpaired) electrons. The lowest BCUT2D eigenvalue weighted by Gasteiger charge is -2.23. The number of nitrogens with two attached hydrogens (primary N) is 1. The second-order valence-corrected chi connectivity index (χ2v) is 9.15. The summed E-state index contributed by atoms with van der Waals surface area (Å²) in [6.07, 6.45) is 2.27. The molecule has 3 aromatic rings. The summed E-state index contributed by atoms with van der Waals surface area (Å²) in [4.78, 5) is 17.8. The number of aromatic nitrogens is 1. The van der Waals surface area contributed by atoms with Crippen molar-refractivity contribution in [1.29, 1.82) is 0 Å². The van der Waals surface area contributed by atoms with Gasteiger partial charge in [0.15, 0.2) is 0 Å². The van der Waals surface area contributed by atoms with Crippen LogP contribution in [0.2, 0.25) is 0 Å². The number of rotatable bonds is 7. The SMILES string of the molecule is COc1c(CN)cc(C(C)(C)C)cc1C(=O)Nc1cnc(C)c(-c2ccc(CCO)cc2)c1. The number of benzene rings is 2. The maximum atomic E-state index is 13.3. The van der Waals surface area contributed by atoms with Crippen LogP contribution in [0.5, 0.6) is 5.75 Å². The molecule has 1 heterocycles. The largest absolute Gasteiger partial charge is 0.496 e. The molecule has 1 aromatic heterocycles. The van der Waals surface area contributed by atoms with Crippen molar-refractivity contribution in [1.82, 2.24) is 4.98 Å². The Morgan fingerprint density at radius 1 is 1.15 bits per heavy atom. The first kappa shape index (κ1) is 24.4. The molecule has 0 fully saturated rings. The highest BCUT2D eigenvalue weighted by molar-refractivity contribution is 6.07. The second kappa shape index (κ2) is 10.1. The predicted octanol–water partition coefficient (Wildman–Crippen LogP) is 4.61. The van der Waals surface area contributed by atoms with E-state index >= 15 is 0 Å². The first-order chi connectivity index (χ1) is 15.7. The Kier molecular flexibility index (Phi) is 7.51. The minimum atomic E-state index is -0.275. The van der Waals surface area contributed by atoms with Gasteiger partial charge in [-0.2, -0.15) is 0 Å². The molecule has 174 valence electrons. The van der Waals surface area contributed by atoms with Crippen molar-refractivity contribution < 1.29 is 14.6 Å². The minimum Gasteiger partial charge on any atom is -0.496 e. The molecule has 0 aliphatic carbocycles. The Hall–Kier alpha value is -3.22. The van der Waals surface area contributed by atoms with Gasteiger partial charge in [0.1, 0.15) is 5.75 Å². The van der Waals surface area contributed by atoms with Crippen molar-refractivity contribution in [3.63, 3.8) is 0 Å². The van der Waals surface area contributed by atoms with E-state index in [0.717, 1.165) is 33.5 Å². The van der Waals surface area contributed by atoms with E-state index in [0.29, 0.717) is 23.4 Å². The van der Waals surface area contributed by atoms with Crippen LogP contribution in [0.25, 0.3) is 11.1 Å². The Labute approximate surface area is 195 Å². The van der Waals surface area contributed by atoms with E-state index in [1.165, 1.54) is 0 Å². The van der Waals surface area contributed by atoms with Crippen LogP contribution in [-0.4, -0.2) is 29.7 Å². The molecule has 0 atom stereocenters. The van der Waals surface area contributed by atoms with Crippen molar-refractivity contribution >= 4 is 11.6 Å². The third-order valence-electron chi connectivity index (χ3n) is 5.71. The normalized spacial score (nSPS) is 11.4. The lowest BCUT2D eigenvalue weighted by atomic mass is 9.84. The lowest BCUT2D eigenvalue weighted by molar-refractivity contribution is 0.102. The summed E-state index contributed by atoms with van der Waals surface area (Å²) in [7, 11) is 1.55. The van der Waals surface area contributed by atoms with Gasteiger partial charge in [0, 0.05) is 30.0 Å². The number of aryl methyl sites for hydroxylation is 1. The van der Waals surface area contributed by atoms with Crippen LogP contribution in [0.3, 0.4) is 0 Å². The van der Waals surface area contributed by atoms with Gasteiger partial charge in [-0.25, -0.2) is 0 Å². The van der Waals surface area contributed by atoms with Crippen molar-refractivity contribution in [3.8, 4) is 16.9 Å². The molecule has 33 heavy (non-hydrogen) atoms. The number of aliphatic hydroxyl groups excluding tert-OH is 1. The lowest BCUT2D eigenvalue weighted by Crippen LogP contribution is -2.19. The number of carbonyl (C=O) groups excluding carboxylic acids is 1. The number of anilines is 1. The van der Waals surface area contributed by atoms with Crippen molar-refractivity contribution in [2.45, 2.75) is 46.1 Å². The van der Waals surface area contributed by atoms with Crippen molar-refractivity contribution in [2.24, 2.45) is 5.73 Å². The van der Waals surface area contributed by atoms with E-state index in [1.807, 2.05) is 49.4 Å². The average Bonchev–Trinajstić information content (AvgIpc) is 2.79. The van der Waals surface area contributed by atoms with Gasteiger partial charge in [0.25, 0.3) is 5.91 Å². The number of pyridine rings is 1. The summed E-state index contributed by atoms with van der Waals surface area (Å²) in [5, 5.41) is 12.1. The number of hydrogen-bond acceptors (Lipinski definition) is 5.